The molecule has 1 aliphatic carbocycles. The number of para-hydroxylation sites is 2. The van der Waals surface area contributed by atoms with Crippen molar-refractivity contribution in [2.24, 2.45) is 0 Å². The van der Waals surface area contributed by atoms with Crippen molar-refractivity contribution in [1.29, 1.82) is 0 Å². The highest BCUT2D eigenvalue weighted by Gasteiger charge is 2.39. The molecule has 2 heteroatoms. The molecule has 0 saturated carbocycles. The number of aromatic nitrogens is 2. The minimum absolute atomic E-state index is 0.0847. The number of rotatable bonds is 2. The average Bonchev–Trinajstić information content (AvgIpc) is 3.63. The molecule has 9 rings (SSSR count). The van der Waals surface area contributed by atoms with Gasteiger partial charge in [0.1, 0.15) is 0 Å². The molecule has 194 valence electrons. The van der Waals surface area contributed by atoms with Crippen LogP contribution in [0.2, 0.25) is 0 Å². The molecule has 2 nitrogen and oxygen atoms in total. The second-order valence-electron chi connectivity index (χ2n) is 11.9. The minimum atomic E-state index is -0.0847. The fourth-order valence-corrected chi connectivity index (χ4v) is 7.41. The number of benzene rings is 6. The van der Waals surface area contributed by atoms with E-state index in [1.807, 2.05) is 0 Å². The monoisotopic (exact) mass is 524 g/mol. The number of H-pyrrole nitrogens is 1. The molecule has 1 N–H and O–H groups in total. The number of nitrogens with zero attached hydrogens (tertiary/aromatic N) is 1. The van der Waals surface area contributed by atoms with E-state index in [9.17, 15) is 0 Å². The summed E-state index contributed by atoms with van der Waals surface area (Å²) >= 11 is 0. The summed E-state index contributed by atoms with van der Waals surface area (Å²) in [4.78, 5) is 3.83. The zero-order valence-corrected chi connectivity index (χ0v) is 23.1. The third-order valence-corrected chi connectivity index (χ3v) is 9.30. The summed E-state index contributed by atoms with van der Waals surface area (Å²) in [7, 11) is 0. The van der Waals surface area contributed by atoms with E-state index in [4.69, 9.17) is 0 Å². The first-order valence-electron chi connectivity index (χ1n) is 14.4. The van der Waals surface area contributed by atoms with Crippen LogP contribution in [-0.2, 0) is 5.41 Å². The lowest BCUT2D eigenvalue weighted by Crippen LogP contribution is -2.14. The van der Waals surface area contributed by atoms with E-state index in [1.165, 1.54) is 82.7 Å². The molecule has 6 aromatic carbocycles. The van der Waals surface area contributed by atoms with E-state index in [-0.39, 0.29) is 5.41 Å². The molecule has 2 aromatic heterocycles. The van der Waals surface area contributed by atoms with Gasteiger partial charge in [0.15, 0.2) is 0 Å². The lowest BCUT2D eigenvalue weighted by molar-refractivity contribution is 0.667. The van der Waals surface area contributed by atoms with Gasteiger partial charge in [-0.3, -0.25) is 0 Å². The van der Waals surface area contributed by atoms with Crippen molar-refractivity contribution in [1.82, 2.24) is 9.55 Å². The van der Waals surface area contributed by atoms with Gasteiger partial charge in [-0.15, -0.1) is 0 Å². The second kappa shape index (κ2) is 7.99. The van der Waals surface area contributed by atoms with Crippen LogP contribution >= 0.6 is 0 Å². The summed E-state index contributed by atoms with van der Waals surface area (Å²) in [6, 6.07) is 46.6. The molecule has 0 unspecified atom stereocenters. The Kier molecular flexibility index (Phi) is 4.42. The maximum absolute atomic E-state index is 3.83. The fourth-order valence-electron chi connectivity index (χ4n) is 7.41. The van der Waals surface area contributed by atoms with Crippen molar-refractivity contribution >= 4 is 43.5 Å². The molecule has 0 bridgehead atoms. The summed E-state index contributed by atoms with van der Waals surface area (Å²) < 4.78 is 2.38. The van der Waals surface area contributed by atoms with Crippen LogP contribution in [0.1, 0.15) is 25.0 Å². The van der Waals surface area contributed by atoms with Crippen molar-refractivity contribution in [3.8, 4) is 28.1 Å². The van der Waals surface area contributed by atoms with E-state index in [0.717, 1.165) is 0 Å². The van der Waals surface area contributed by atoms with Crippen molar-refractivity contribution in [2.75, 3.05) is 0 Å². The van der Waals surface area contributed by atoms with E-state index >= 15 is 0 Å². The lowest BCUT2D eigenvalue weighted by atomic mass is 9.81. The van der Waals surface area contributed by atoms with Crippen LogP contribution < -0.4 is 0 Å². The highest BCUT2D eigenvalue weighted by molar-refractivity contribution is 6.11. The van der Waals surface area contributed by atoms with Crippen LogP contribution in [0, 0.1) is 0 Å². The molecule has 0 atom stereocenters. The van der Waals surface area contributed by atoms with Crippen LogP contribution in [0.5, 0.6) is 0 Å². The summed E-state index contributed by atoms with van der Waals surface area (Å²) in [5.41, 5.74) is 12.7. The first-order chi connectivity index (χ1) is 20.1. The molecule has 0 aliphatic heterocycles. The Balaban J connectivity index is 1.26. The van der Waals surface area contributed by atoms with Gasteiger partial charge in [0.2, 0.25) is 0 Å². The van der Waals surface area contributed by atoms with Crippen LogP contribution in [0.3, 0.4) is 0 Å². The Morgan fingerprint density at radius 1 is 0.561 bits per heavy atom. The molecule has 8 aromatic rings. The largest absolute Gasteiger partial charge is 0.354 e. The summed E-state index contributed by atoms with van der Waals surface area (Å²) in [5.74, 6) is 0. The normalized spacial score (nSPS) is 13.8. The first kappa shape index (κ1) is 22.7. The Morgan fingerprint density at radius 2 is 1.24 bits per heavy atom. The average molecular weight is 525 g/mol. The van der Waals surface area contributed by atoms with Gasteiger partial charge in [0, 0.05) is 38.3 Å². The van der Waals surface area contributed by atoms with E-state index in [0.29, 0.717) is 0 Å². The maximum Gasteiger partial charge on any atom is 0.0541 e. The number of fused-ring (bicyclic) bond motifs is 10. The molecule has 1 aliphatic rings. The number of hydrogen-bond donors (Lipinski definition) is 1. The first-order valence-corrected chi connectivity index (χ1v) is 14.4. The van der Waals surface area contributed by atoms with Gasteiger partial charge in [0.05, 0.1) is 16.7 Å². The van der Waals surface area contributed by atoms with Gasteiger partial charge < -0.3 is 9.55 Å². The smallest absolute Gasteiger partial charge is 0.0541 e. The Hall–Kier alpha value is -5.08. The molecular formula is C39H28N2. The summed E-state index contributed by atoms with van der Waals surface area (Å²) in [5, 5.41) is 6.48. The quantitative estimate of drug-likeness (QED) is 0.232. The van der Waals surface area contributed by atoms with Crippen molar-refractivity contribution < 1.29 is 0 Å². The zero-order chi connectivity index (χ0) is 27.3. The van der Waals surface area contributed by atoms with E-state index in [2.05, 4.69) is 151 Å². The van der Waals surface area contributed by atoms with Crippen LogP contribution in [0.15, 0.2) is 127 Å². The third kappa shape index (κ3) is 3.02. The Labute approximate surface area is 238 Å². The number of nitrogens with one attached hydrogen (secondary N) is 1. The summed E-state index contributed by atoms with van der Waals surface area (Å²) in [6.07, 6.45) is 0. The highest BCUT2D eigenvalue weighted by atomic mass is 15.0. The molecule has 0 fully saturated rings. The minimum Gasteiger partial charge on any atom is -0.354 e. The topological polar surface area (TPSA) is 20.7 Å². The van der Waals surface area contributed by atoms with E-state index in [1.54, 1.807) is 0 Å². The Bertz CT molecular complexity index is 2330. The van der Waals surface area contributed by atoms with Crippen molar-refractivity contribution in [3.63, 3.8) is 0 Å². The van der Waals surface area contributed by atoms with Gasteiger partial charge >= 0.3 is 0 Å². The number of aromatic amines is 1. The fraction of sp³-hybridized carbons (Fsp3) is 0.0769. The van der Waals surface area contributed by atoms with Gasteiger partial charge in [-0.25, -0.2) is 0 Å². The van der Waals surface area contributed by atoms with Crippen molar-refractivity contribution in [2.45, 2.75) is 19.3 Å². The molecular weight excluding hydrogens is 496 g/mol. The van der Waals surface area contributed by atoms with Crippen molar-refractivity contribution in [3.05, 3.63) is 139 Å². The predicted molar refractivity (Wildman–Crippen MR) is 173 cm³/mol. The van der Waals surface area contributed by atoms with Crippen LogP contribution in [-0.4, -0.2) is 9.55 Å². The predicted octanol–water partition coefficient (Wildman–Crippen LogP) is 10.4. The SMILES string of the molecule is CC1(C)c2ccc3ccccc3c2-c2[nH]c3ccc(-c4ccc5c(c4)c4ccccc4n5-c4ccccc4)cc3c21. The van der Waals surface area contributed by atoms with Gasteiger partial charge in [-0.1, -0.05) is 98.8 Å². The molecule has 0 spiro atoms. The van der Waals surface area contributed by atoms with Gasteiger partial charge in [-0.2, -0.15) is 0 Å². The molecule has 0 amide bonds. The molecule has 0 radical (unpaired) electrons. The molecule has 0 saturated heterocycles. The zero-order valence-electron chi connectivity index (χ0n) is 23.1. The Morgan fingerprint density at radius 3 is 2.10 bits per heavy atom. The van der Waals surface area contributed by atoms with Crippen LogP contribution in [0.4, 0.5) is 0 Å². The second-order valence-corrected chi connectivity index (χ2v) is 11.9. The molecule has 41 heavy (non-hydrogen) atoms. The third-order valence-electron chi connectivity index (χ3n) is 9.30. The van der Waals surface area contributed by atoms with Gasteiger partial charge in [0.25, 0.3) is 0 Å². The van der Waals surface area contributed by atoms with E-state index < -0.39 is 0 Å². The van der Waals surface area contributed by atoms with Crippen LogP contribution in [0.25, 0.3) is 71.6 Å². The highest BCUT2D eigenvalue weighted by Crippen LogP contribution is 2.54. The number of hydrogen-bond acceptors (Lipinski definition) is 0. The standard InChI is InChI=1S/C39H28N2/c1-39(2)32-19-16-24-10-6-7-13-28(24)36(32)38-37(39)31-23-25(17-20-33(31)40-38)26-18-21-35-30(22-26)29-14-8-9-15-34(29)41(35)27-11-4-3-5-12-27/h3-23,40H,1-2H3. The molecule has 2 heterocycles. The maximum atomic E-state index is 3.83. The summed E-state index contributed by atoms with van der Waals surface area (Å²) in [6.45, 7) is 4.74. The lowest BCUT2D eigenvalue weighted by Gasteiger charge is -2.22. The van der Waals surface area contributed by atoms with Gasteiger partial charge in [-0.05, 0) is 75.5 Å².